The molecule has 8 heteroatoms. The summed E-state index contributed by atoms with van der Waals surface area (Å²) in [6.45, 7) is 6.42. The van der Waals surface area contributed by atoms with E-state index in [1.165, 1.54) is 7.05 Å². The second kappa shape index (κ2) is 8.06. The van der Waals surface area contributed by atoms with Gasteiger partial charge in [0.2, 0.25) is 0 Å². The summed E-state index contributed by atoms with van der Waals surface area (Å²) in [6.07, 6.45) is -1.78. The van der Waals surface area contributed by atoms with Gasteiger partial charge in [0.25, 0.3) is 0 Å². The molecule has 0 bridgehead atoms. The van der Waals surface area contributed by atoms with Crippen molar-refractivity contribution in [1.29, 1.82) is 0 Å². The third kappa shape index (κ3) is 7.02. The first-order chi connectivity index (χ1) is 8.77. The molecule has 0 aromatic carbocycles. The Morgan fingerprint density at radius 2 is 1.53 bits per heavy atom. The first-order valence-corrected chi connectivity index (χ1v) is 5.66. The van der Waals surface area contributed by atoms with Crippen LogP contribution in [0.25, 0.3) is 0 Å². The first-order valence-electron chi connectivity index (χ1n) is 5.66. The predicted octanol–water partition coefficient (Wildman–Crippen LogP) is 0.602. The fraction of sp³-hybridized carbons (Fsp3) is 0.636. The molecule has 0 rings (SSSR count). The van der Waals surface area contributed by atoms with E-state index in [-0.39, 0.29) is 0 Å². The second-order valence-electron chi connectivity index (χ2n) is 3.97. The van der Waals surface area contributed by atoms with Gasteiger partial charge in [0.05, 0.1) is 12.2 Å². The summed E-state index contributed by atoms with van der Waals surface area (Å²) >= 11 is 0. The largest absolute Gasteiger partial charge is 0.470 e. The molecule has 1 N–H and O–H groups in total. The number of carbonyl (C=O) groups excluding carboxylic acids is 3. The molecule has 0 heterocycles. The molecule has 19 heavy (non-hydrogen) atoms. The van der Waals surface area contributed by atoms with Crippen molar-refractivity contribution >= 4 is 23.7 Å². The van der Waals surface area contributed by atoms with Crippen molar-refractivity contribution in [2.75, 3.05) is 7.05 Å². The van der Waals surface area contributed by atoms with Crippen LogP contribution in [0.4, 0.5) is 4.79 Å². The zero-order chi connectivity index (χ0) is 15.0. The van der Waals surface area contributed by atoms with Crippen molar-refractivity contribution in [3.63, 3.8) is 0 Å². The zero-order valence-electron chi connectivity index (χ0n) is 11.6. The molecule has 108 valence electrons. The Bertz CT molecular complexity index is 375. The van der Waals surface area contributed by atoms with Gasteiger partial charge in [-0.3, -0.25) is 9.63 Å². The van der Waals surface area contributed by atoms with Gasteiger partial charge in [0.15, 0.2) is 0 Å². The SMILES string of the molecule is CNC(=O)ON=C(OC(C)C)C(=O)C(=O)OC(C)C. The Kier molecular flexibility index (Phi) is 7.16. The van der Waals surface area contributed by atoms with E-state index in [9.17, 15) is 14.4 Å². The number of Topliss-reactive ketones (excluding diaryl/α,β-unsaturated/α-hetero) is 1. The molecule has 0 aliphatic heterocycles. The van der Waals surface area contributed by atoms with E-state index in [0.717, 1.165) is 0 Å². The minimum Gasteiger partial charge on any atom is -0.470 e. The number of carbonyl (C=O) groups is 3. The maximum Gasteiger partial charge on any atom is 0.433 e. The quantitative estimate of drug-likeness (QED) is 0.197. The van der Waals surface area contributed by atoms with Crippen LogP contribution in [0, 0.1) is 0 Å². The third-order valence-corrected chi connectivity index (χ3v) is 1.49. The van der Waals surface area contributed by atoms with Crippen LogP contribution >= 0.6 is 0 Å². The summed E-state index contributed by atoms with van der Waals surface area (Å²) in [5, 5.41) is 5.32. The normalized spacial score (nSPS) is 11.2. The summed E-state index contributed by atoms with van der Waals surface area (Å²) in [4.78, 5) is 38.2. The molecule has 0 aromatic rings. The van der Waals surface area contributed by atoms with E-state index in [2.05, 4.69) is 15.3 Å². The highest BCUT2D eigenvalue weighted by Crippen LogP contribution is 1.99. The van der Waals surface area contributed by atoms with E-state index in [1.54, 1.807) is 27.7 Å². The number of amides is 1. The van der Waals surface area contributed by atoms with Crippen molar-refractivity contribution in [1.82, 2.24) is 5.32 Å². The average molecular weight is 274 g/mol. The van der Waals surface area contributed by atoms with Crippen LogP contribution in [0.1, 0.15) is 27.7 Å². The second-order valence-corrected chi connectivity index (χ2v) is 3.97. The number of nitrogens with zero attached hydrogens (tertiary/aromatic N) is 1. The highest BCUT2D eigenvalue weighted by atomic mass is 16.7. The van der Waals surface area contributed by atoms with E-state index in [0.29, 0.717) is 0 Å². The topological polar surface area (TPSA) is 103 Å². The molecule has 0 aliphatic carbocycles. The van der Waals surface area contributed by atoms with Crippen molar-refractivity contribution in [2.45, 2.75) is 39.9 Å². The van der Waals surface area contributed by atoms with E-state index >= 15 is 0 Å². The third-order valence-electron chi connectivity index (χ3n) is 1.49. The van der Waals surface area contributed by atoms with Crippen molar-refractivity contribution in [3.05, 3.63) is 0 Å². The number of hydrogen-bond acceptors (Lipinski definition) is 7. The Hall–Kier alpha value is -2.12. The molecule has 0 unspecified atom stereocenters. The molecular weight excluding hydrogens is 256 g/mol. The minimum absolute atomic E-state index is 0.428. The first kappa shape index (κ1) is 16.9. The van der Waals surface area contributed by atoms with Crippen LogP contribution in [-0.2, 0) is 23.9 Å². The number of oxime groups is 1. The highest BCUT2D eigenvalue weighted by molar-refractivity contribution is 6.61. The molecule has 1 amide bonds. The lowest BCUT2D eigenvalue weighted by Crippen LogP contribution is -2.32. The number of esters is 1. The van der Waals surface area contributed by atoms with Crippen molar-refractivity contribution < 1.29 is 28.7 Å². The van der Waals surface area contributed by atoms with Gasteiger partial charge >= 0.3 is 23.7 Å². The molecular formula is C11H18N2O6. The van der Waals surface area contributed by atoms with Gasteiger partial charge in [-0.05, 0) is 32.9 Å². The monoisotopic (exact) mass is 274 g/mol. The molecule has 0 aromatic heterocycles. The van der Waals surface area contributed by atoms with Gasteiger partial charge in [0, 0.05) is 7.05 Å². The van der Waals surface area contributed by atoms with Gasteiger partial charge < -0.3 is 14.8 Å². The smallest absolute Gasteiger partial charge is 0.433 e. The fourth-order valence-corrected chi connectivity index (χ4v) is 0.823. The maximum atomic E-state index is 11.7. The maximum absolute atomic E-state index is 11.7. The van der Waals surface area contributed by atoms with Gasteiger partial charge in [-0.25, -0.2) is 9.59 Å². The molecule has 0 saturated carbocycles. The molecule has 0 aliphatic rings. The Labute approximate surface area is 111 Å². The fourth-order valence-electron chi connectivity index (χ4n) is 0.823. The summed E-state index contributed by atoms with van der Waals surface area (Å²) in [5.41, 5.74) is 0. The molecule has 0 spiro atoms. The lowest BCUT2D eigenvalue weighted by Gasteiger charge is -2.11. The van der Waals surface area contributed by atoms with Crippen LogP contribution in [0.15, 0.2) is 5.16 Å². The number of ketones is 1. The van der Waals surface area contributed by atoms with E-state index < -0.39 is 36.0 Å². The Balaban J connectivity index is 4.88. The summed E-state index contributed by atoms with van der Waals surface area (Å²) in [7, 11) is 1.32. The van der Waals surface area contributed by atoms with Gasteiger partial charge in [-0.1, -0.05) is 0 Å². The number of hydrogen-bond donors (Lipinski definition) is 1. The van der Waals surface area contributed by atoms with Crippen LogP contribution in [0.5, 0.6) is 0 Å². The average Bonchev–Trinajstić information content (AvgIpc) is 2.31. The lowest BCUT2D eigenvalue weighted by molar-refractivity contribution is -0.154. The molecule has 0 radical (unpaired) electrons. The summed E-state index contributed by atoms with van der Waals surface area (Å²) < 4.78 is 9.71. The summed E-state index contributed by atoms with van der Waals surface area (Å²) in [5.74, 6) is -2.88. The molecule has 0 fully saturated rings. The lowest BCUT2D eigenvalue weighted by atomic mass is 10.3. The van der Waals surface area contributed by atoms with Gasteiger partial charge in [0.1, 0.15) is 0 Å². The van der Waals surface area contributed by atoms with E-state index in [4.69, 9.17) is 9.47 Å². The molecule has 0 saturated heterocycles. The van der Waals surface area contributed by atoms with E-state index in [1.807, 2.05) is 0 Å². The molecule has 8 nitrogen and oxygen atoms in total. The van der Waals surface area contributed by atoms with Crippen molar-refractivity contribution in [2.24, 2.45) is 5.16 Å². The van der Waals surface area contributed by atoms with Crippen molar-refractivity contribution in [3.8, 4) is 0 Å². The van der Waals surface area contributed by atoms with Gasteiger partial charge in [-0.15, -0.1) is 0 Å². The number of ether oxygens (including phenoxy) is 2. The Morgan fingerprint density at radius 3 is 1.95 bits per heavy atom. The zero-order valence-corrected chi connectivity index (χ0v) is 11.6. The molecule has 0 atom stereocenters. The standard InChI is InChI=1S/C11H18N2O6/c1-6(2)17-9(13-19-11(16)12-5)8(14)10(15)18-7(3)4/h6-7H,1-5H3,(H,12,16). The number of rotatable bonds is 5. The predicted molar refractivity (Wildman–Crippen MR) is 65.4 cm³/mol. The van der Waals surface area contributed by atoms with Crippen LogP contribution < -0.4 is 5.32 Å². The van der Waals surface area contributed by atoms with Crippen LogP contribution in [-0.4, -0.2) is 43.0 Å². The van der Waals surface area contributed by atoms with Gasteiger partial charge in [-0.2, -0.15) is 0 Å². The van der Waals surface area contributed by atoms with Crippen LogP contribution in [0.3, 0.4) is 0 Å². The van der Waals surface area contributed by atoms with Crippen LogP contribution in [0.2, 0.25) is 0 Å². The minimum atomic E-state index is -1.13. The summed E-state index contributed by atoms with van der Waals surface area (Å²) in [6, 6.07) is 0. The number of nitrogens with one attached hydrogen (secondary N) is 1. The Morgan fingerprint density at radius 1 is 1.00 bits per heavy atom. The highest BCUT2D eigenvalue weighted by Gasteiger charge is 2.27.